The third kappa shape index (κ3) is 4.81. The van der Waals surface area contributed by atoms with Crippen molar-refractivity contribution in [1.82, 2.24) is 9.80 Å². The summed E-state index contributed by atoms with van der Waals surface area (Å²) in [5, 5.41) is 12.9. The lowest BCUT2D eigenvalue weighted by atomic mass is 9.98. The van der Waals surface area contributed by atoms with Gasteiger partial charge in [-0.1, -0.05) is 36.4 Å². The Morgan fingerprint density at radius 3 is 2.94 bits per heavy atom. The molecule has 5 rings (SSSR count). The van der Waals surface area contributed by atoms with Crippen LogP contribution in [0.5, 0.6) is 0 Å². The van der Waals surface area contributed by atoms with E-state index >= 15 is 0 Å². The number of nitrogens with zero attached hydrogens (tertiary/aromatic N) is 3. The lowest BCUT2D eigenvalue weighted by Gasteiger charge is -2.32. The van der Waals surface area contributed by atoms with E-state index in [1.165, 1.54) is 0 Å². The van der Waals surface area contributed by atoms with Crippen molar-refractivity contribution in [2.24, 2.45) is 4.99 Å². The zero-order valence-corrected chi connectivity index (χ0v) is 19.4. The van der Waals surface area contributed by atoms with Crippen LogP contribution in [-0.4, -0.2) is 65.2 Å². The van der Waals surface area contributed by atoms with E-state index in [-0.39, 0.29) is 30.4 Å². The molecule has 2 aromatic rings. The number of aliphatic hydroxyl groups is 1. The predicted octanol–water partition coefficient (Wildman–Crippen LogP) is 2.70. The third-order valence-electron chi connectivity index (χ3n) is 6.95. The maximum absolute atomic E-state index is 13.4. The third-order valence-corrected chi connectivity index (χ3v) is 6.95. The number of benzene rings is 2. The van der Waals surface area contributed by atoms with E-state index in [4.69, 9.17) is 0 Å². The van der Waals surface area contributed by atoms with Crippen LogP contribution in [0.25, 0.3) is 0 Å². The smallest absolute Gasteiger partial charge is 0.228 e. The molecule has 2 amide bonds. The van der Waals surface area contributed by atoms with E-state index in [1.807, 2.05) is 48.5 Å². The van der Waals surface area contributed by atoms with Gasteiger partial charge in [-0.2, -0.15) is 0 Å². The summed E-state index contributed by atoms with van der Waals surface area (Å²) in [5.74, 6) is 0.00436. The van der Waals surface area contributed by atoms with E-state index in [0.29, 0.717) is 19.5 Å². The molecule has 2 N–H and O–H groups in total. The van der Waals surface area contributed by atoms with Crippen LogP contribution in [0.15, 0.2) is 59.7 Å². The molecule has 3 aliphatic heterocycles. The Labute approximate surface area is 199 Å². The zero-order valence-electron chi connectivity index (χ0n) is 19.4. The fourth-order valence-electron chi connectivity index (χ4n) is 5.00. The molecular weight excluding hydrogens is 428 g/mol. The number of β-amino-alcohol motifs (C(OH)–C–C–N with tert-alkyl or cyclic N) is 1. The number of aliphatic imine (C=N–C) groups is 1. The molecule has 3 heterocycles. The van der Waals surface area contributed by atoms with Crippen molar-refractivity contribution < 1.29 is 14.7 Å². The van der Waals surface area contributed by atoms with Gasteiger partial charge in [0.1, 0.15) is 0 Å². The average Bonchev–Trinajstić information content (AvgIpc) is 3.57. The zero-order chi connectivity index (χ0) is 23.7. The maximum Gasteiger partial charge on any atom is 0.228 e. The first kappa shape index (κ1) is 22.5. The van der Waals surface area contributed by atoms with Crippen LogP contribution in [0.4, 0.5) is 5.69 Å². The molecule has 0 saturated carbocycles. The quantitative estimate of drug-likeness (QED) is 0.668. The first-order chi connectivity index (χ1) is 16.5. The number of aliphatic hydroxyl groups excluding tert-OH is 1. The van der Waals surface area contributed by atoms with Gasteiger partial charge in [-0.15, -0.1) is 0 Å². The van der Waals surface area contributed by atoms with Crippen molar-refractivity contribution >= 4 is 23.2 Å². The predicted molar refractivity (Wildman–Crippen MR) is 132 cm³/mol. The van der Waals surface area contributed by atoms with E-state index in [9.17, 15) is 14.7 Å². The van der Waals surface area contributed by atoms with Crippen molar-refractivity contribution in [2.45, 2.75) is 37.8 Å². The molecule has 176 valence electrons. The molecule has 7 nitrogen and oxygen atoms in total. The summed E-state index contributed by atoms with van der Waals surface area (Å²) in [6.45, 7) is 2.10. The molecule has 0 bridgehead atoms. The second-order valence-corrected chi connectivity index (χ2v) is 9.41. The summed E-state index contributed by atoms with van der Waals surface area (Å²) >= 11 is 0. The van der Waals surface area contributed by atoms with Crippen LogP contribution < -0.4 is 5.32 Å². The standard InChI is InChI=1S/C27H30N4O3/c1-30(27(34)13-18-7-8-20-15-26(33)29-24(20)12-18)25(17-31-11-9-22(32)16-31)21-5-2-4-19(14-21)23-6-3-10-28-23/h2-5,7-8,10,12,14,22,25,32H,6,9,11,13,15-17H2,1H3,(H,29,33)/t22-,25?/m1/s1. The fraction of sp³-hybridized carbons (Fsp3) is 0.370. The Balaban J connectivity index is 1.37. The number of fused-ring (bicyclic) bond motifs is 1. The highest BCUT2D eigenvalue weighted by Crippen LogP contribution is 2.28. The van der Waals surface area contributed by atoms with Crippen molar-refractivity contribution in [1.29, 1.82) is 0 Å². The highest BCUT2D eigenvalue weighted by Gasteiger charge is 2.29. The van der Waals surface area contributed by atoms with Gasteiger partial charge >= 0.3 is 0 Å². The molecular formula is C27H30N4O3. The van der Waals surface area contributed by atoms with Crippen LogP contribution in [0.1, 0.15) is 41.1 Å². The van der Waals surface area contributed by atoms with Crippen LogP contribution in [-0.2, 0) is 22.4 Å². The van der Waals surface area contributed by atoms with Gasteiger partial charge < -0.3 is 15.3 Å². The van der Waals surface area contributed by atoms with Gasteiger partial charge in [0, 0.05) is 45.0 Å². The minimum absolute atomic E-state index is 0.00888. The van der Waals surface area contributed by atoms with Crippen LogP contribution in [0.2, 0.25) is 0 Å². The molecule has 2 atom stereocenters. The Kier molecular flexibility index (Phi) is 6.30. The summed E-state index contributed by atoms with van der Waals surface area (Å²) in [4.78, 5) is 33.6. The first-order valence-corrected chi connectivity index (χ1v) is 11.9. The van der Waals surface area contributed by atoms with E-state index < -0.39 is 0 Å². The maximum atomic E-state index is 13.4. The number of allylic oxidation sites excluding steroid dienone is 1. The molecule has 1 saturated heterocycles. The molecule has 3 aliphatic rings. The van der Waals surface area contributed by atoms with Crippen LogP contribution in [0, 0.1) is 0 Å². The van der Waals surface area contributed by atoms with Crippen molar-refractivity contribution in [3.05, 3.63) is 77.0 Å². The van der Waals surface area contributed by atoms with Gasteiger partial charge in [0.05, 0.1) is 30.7 Å². The molecule has 7 heteroatoms. The molecule has 0 aromatic heterocycles. The summed E-state index contributed by atoms with van der Waals surface area (Å²) in [6, 6.07) is 13.9. The number of rotatable bonds is 7. The van der Waals surface area contributed by atoms with Crippen LogP contribution in [0.3, 0.4) is 0 Å². The summed E-state index contributed by atoms with van der Waals surface area (Å²) in [7, 11) is 1.86. The molecule has 2 aromatic carbocycles. The Morgan fingerprint density at radius 2 is 2.18 bits per heavy atom. The normalized spacial score (nSPS) is 20.2. The molecule has 34 heavy (non-hydrogen) atoms. The molecule has 1 unspecified atom stereocenters. The number of carbonyl (C=O) groups excluding carboxylic acids is 2. The number of amides is 2. The number of carbonyl (C=O) groups is 2. The van der Waals surface area contributed by atoms with E-state index in [1.54, 1.807) is 0 Å². The molecule has 1 fully saturated rings. The average molecular weight is 459 g/mol. The molecule has 0 radical (unpaired) electrons. The summed E-state index contributed by atoms with van der Waals surface area (Å²) in [6.07, 6.45) is 5.79. The minimum Gasteiger partial charge on any atom is -0.392 e. The van der Waals surface area contributed by atoms with Gasteiger partial charge in [-0.05, 0) is 40.8 Å². The highest BCUT2D eigenvalue weighted by molar-refractivity contribution is 6.03. The molecule has 0 spiro atoms. The summed E-state index contributed by atoms with van der Waals surface area (Å²) < 4.78 is 0. The lowest BCUT2D eigenvalue weighted by Crippen LogP contribution is -2.39. The second kappa shape index (κ2) is 9.52. The van der Waals surface area contributed by atoms with E-state index in [0.717, 1.165) is 53.0 Å². The van der Waals surface area contributed by atoms with Gasteiger partial charge in [0.15, 0.2) is 0 Å². The van der Waals surface area contributed by atoms with Gasteiger partial charge in [0.25, 0.3) is 0 Å². The highest BCUT2D eigenvalue weighted by atomic mass is 16.3. The second-order valence-electron chi connectivity index (χ2n) is 9.41. The van der Waals surface area contributed by atoms with Gasteiger partial charge in [-0.25, -0.2) is 0 Å². The van der Waals surface area contributed by atoms with Crippen molar-refractivity contribution in [3.63, 3.8) is 0 Å². The largest absolute Gasteiger partial charge is 0.392 e. The minimum atomic E-state index is -0.312. The van der Waals surface area contributed by atoms with Crippen molar-refractivity contribution in [2.75, 3.05) is 32.0 Å². The topological polar surface area (TPSA) is 85.2 Å². The Morgan fingerprint density at radius 1 is 1.29 bits per heavy atom. The Hall–Kier alpha value is -3.29. The number of likely N-dealkylation sites (N-methyl/N-ethyl adjacent to an activating group) is 1. The first-order valence-electron chi connectivity index (χ1n) is 11.9. The lowest BCUT2D eigenvalue weighted by molar-refractivity contribution is -0.131. The Bertz CT molecular complexity index is 1170. The number of nitrogens with one attached hydrogen (secondary N) is 1. The number of hydrogen-bond donors (Lipinski definition) is 2. The number of hydrogen-bond acceptors (Lipinski definition) is 5. The van der Waals surface area contributed by atoms with E-state index in [2.05, 4.69) is 33.4 Å². The fourth-order valence-corrected chi connectivity index (χ4v) is 5.00. The SMILES string of the molecule is CN(C(=O)Cc1ccc2c(c1)NC(=O)C2)C(CN1CC[C@@H](O)C1)c1cccc(C2=NC=CC2)c1. The molecule has 0 aliphatic carbocycles. The van der Waals surface area contributed by atoms with Crippen LogP contribution >= 0.6 is 0 Å². The van der Waals surface area contributed by atoms with Crippen molar-refractivity contribution in [3.8, 4) is 0 Å². The number of likely N-dealkylation sites (tertiary alicyclic amines) is 1. The van der Waals surface area contributed by atoms with Gasteiger partial charge in [-0.3, -0.25) is 19.5 Å². The number of anilines is 1. The summed E-state index contributed by atoms with van der Waals surface area (Å²) in [5.41, 5.74) is 5.83. The monoisotopic (exact) mass is 458 g/mol. The van der Waals surface area contributed by atoms with Gasteiger partial charge in [0.2, 0.25) is 11.8 Å².